The van der Waals surface area contributed by atoms with Gasteiger partial charge in [-0.25, -0.2) is 4.79 Å². The Hall–Kier alpha value is -3.63. The molecule has 146 valence electrons. The topological polar surface area (TPSA) is 93.7 Å². The molecule has 1 aromatic carbocycles. The fourth-order valence-electron chi connectivity index (χ4n) is 2.68. The third-order valence-corrected chi connectivity index (χ3v) is 4.63. The Balaban J connectivity index is 2.28. The van der Waals surface area contributed by atoms with E-state index in [4.69, 9.17) is 16.3 Å². The Bertz CT molecular complexity index is 1260. The smallest absolute Gasteiger partial charge is 0.348 e. The summed E-state index contributed by atoms with van der Waals surface area (Å²) in [7, 11) is 1.15. The summed E-state index contributed by atoms with van der Waals surface area (Å²) in [5.74, 6) is -0.500. The SMILES string of the molecule is COC(=O)/C(C#N)=C/c1c(Oc2ccc(Cl)c(C)c2)nc2c(C)cccn2c1=O. The number of fused-ring (bicyclic) bond motifs is 1. The van der Waals surface area contributed by atoms with E-state index in [1.54, 1.807) is 36.5 Å². The molecule has 0 aliphatic rings. The Morgan fingerprint density at radius 2 is 2.03 bits per heavy atom. The minimum absolute atomic E-state index is 0.0392. The van der Waals surface area contributed by atoms with Gasteiger partial charge in [0.1, 0.15) is 28.6 Å². The van der Waals surface area contributed by atoms with Crippen LogP contribution in [0, 0.1) is 25.2 Å². The standard InChI is InChI=1S/C21H16ClN3O4/c1-12-5-4-8-25-18(12)24-19(29-15-6-7-17(22)13(2)9-15)16(20(25)26)10-14(11-23)21(27)28-3/h4-10H,1-3H3/b14-10+. The maximum absolute atomic E-state index is 13.1. The Labute approximate surface area is 171 Å². The molecule has 0 unspecified atom stereocenters. The zero-order valence-corrected chi connectivity index (χ0v) is 16.6. The molecule has 2 heterocycles. The van der Waals surface area contributed by atoms with Crippen LogP contribution in [0.4, 0.5) is 0 Å². The molecule has 0 atom stereocenters. The predicted molar refractivity (Wildman–Crippen MR) is 108 cm³/mol. The average molecular weight is 410 g/mol. The summed E-state index contributed by atoms with van der Waals surface area (Å²) >= 11 is 6.06. The molecule has 3 rings (SSSR count). The van der Waals surface area contributed by atoms with E-state index in [2.05, 4.69) is 9.72 Å². The number of hydrogen-bond acceptors (Lipinski definition) is 6. The van der Waals surface area contributed by atoms with E-state index in [0.29, 0.717) is 16.4 Å². The zero-order valence-electron chi connectivity index (χ0n) is 15.9. The summed E-state index contributed by atoms with van der Waals surface area (Å²) < 4.78 is 11.8. The third-order valence-electron chi connectivity index (χ3n) is 4.21. The number of aryl methyl sites for hydroxylation is 2. The second kappa shape index (κ2) is 8.17. The van der Waals surface area contributed by atoms with E-state index >= 15 is 0 Å². The first-order valence-corrected chi connectivity index (χ1v) is 8.89. The number of carbonyl (C=O) groups excluding carboxylic acids is 1. The molecule has 0 spiro atoms. The molecule has 0 radical (unpaired) electrons. The van der Waals surface area contributed by atoms with Gasteiger partial charge in [-0.05, 0) is 55.3 Å². The van der Waals surface area contributed by atoms with Crippen molar-refractivity contribution in [2.45, 2.75) is 13.8 Å². The molecule has 0 fully saturated rings. The first-order chi connectivity index (χ1) is 13.8. The lowest BCUT2D eigenvalue weighted by Gasteiger charge is -2.12. The molecule has 0 saturated heterocycles. The quantitative estimate of drug-likeness (QED) is 0.369. The monoisotopic (exact) mass is 409 g/mol. The van der Waals surface area contributed by atoms with Crippen molar-refractivity contribution in [1.82, 2.24) is 9.38 Å². The third kappa shape index (κ3) is 3.98. The predicted octanol–water partition coefficient (Wildman–Crippen LogP) is 3.84. The second-order valence-electron chi connectivity index (χ2n) is 6.20. The van der Waals surface area contributed by atoms with Crippen molar-refractivity contribution in [3.05, 3.63) is 74.2 Å². The summed E-state index contributed by atoms with van der Waals surface area (Å²) in [6.07, 6.45) is 2.67. The highest BCUT2D eigenvalue weighted by Gasteiger charge is 2.18. The number of hydrogen-bond donors (Lipinski definition) is 0. The number of nitriles is 1. The number of methoxy groups -OCH3 is 1. The molecule has 7 nitrogen and oxygen atoms in total. The first kappa shape index (κ1) is 20.1. The van der Waals surface area contributed by atoms with Gasteiger partial charge in [-0.3, -0.25) is 9.20 Å². The van der Waals surface area contributed by atoms with Gasteiger partial charge in [-0.15, -0.1) is 0 Å². The van der Waals surface area contributed by atoms with Gasteiger partial charge in [-0.2, -0.15) is 10.2 Å². The van der Waals surface area contributed by atoms with Crippen molar-refractivity contribution >= 4 is 29.3 Å². The number of halogens is 1. The fourth-order valence-corrected chi connectivity index (χ4v) is 2.79. The second-order valence-corrected chi connectivity index (χ2v) is 6.60. The number of pyridine rings is 1. The molecule has 0 bridgehead atoms. The van der Waals surface area contributed by atoms with Crippen LogP contribution in [-0.2, 0) is 9.53 Å². The molecular weight excluding hydrogens is 394 g/mol. The van der Waals surface area contributed by atoms with Gasteiger partial charge in [-0.1, -0.05) is 17.7 Å². The molecule has 0 aliphatic carbocycles. The highest BCUT2D eigenvalue weighted by atomic mass is 35.5. The minimum Gasteiger partial charge on any atom is -0.465 e. The lowest BCUT2D eigenvalue weighted by atomic mass is 10.2. The molecule has 3 aromatic rings. The van der Waals surface area contributed by atoms with Crippen LogP contribution in [-0.4, -0.2) is 22.5 Å². The van der Waals surface area contributed by atoms with Crippen molar-refractivity contribution < 1.29 is 14.3 Å². The molecule has 8 heteroatoms. The van der Waals surface area contributed by atoms with E-state index in [-0.39, 0.29) is 17.0 Å². The Kier molecular flexibility index (Phi) is 5.66. The lowest BCUT2D eigenvalue weighted by Crippen LogP contribution is -2.20. The average Bonchev–Trinajstić information content (AvgIpc) is 2.71. The normalized spacial score (nSPS) is 11.2. The summed E-state index contributed by atoms with van der Waals surface area (Å²) in [6, 6.07) is 10.2. The molecule has 29 heavy (non-hydrogen) atoms. The van der Waals surface area contributed by atoms with Crippen LogP contribution in [0.5, 0.6) is 11.6 Å². The van der Waals surface area contributed by atoms with Gasteiger partial charge in [0.2, 0.25) is 5.88 Å². The first-order valence-electron chi connectivity index (χ1n) is 8.51. The Morgan fingerprint density at radius 3 is 2.69 bits per heavy atom. The summed E-state index contributed by atoms with van der Waals surface area (Å²) in [5.41, 5.74) is 1.04. The van der Waals surface area contributed by atoms with Crippen LogP contribution >= 0.6 is 11.6 Å². The molecule has 0 saturated carbocycles. The van der Waals surface area contributed by atoms with Crippen LogP contribution in [0.25, 0.3) is 11.7 Å². The van der Waals surface area contributed by atoms with Gasteiger partial charge >= 0.3 is 5.97 Å². The van der Waals surface area contributed by atoms with Crippen molar-refractivity contribution in [2.75, 3.05) is 7.11 Å². The van der Waals surface area contributed by atoms with Crippen molar-refractivity contribution in [2.24, 2.45) is 0 Å². The summed E-state index contributed by atoms with van der Waals surface area (Å²) in [5, 5.41) is 9.85. The van der Waals surface area contributed by atoms with Crippen LogP contribution in [0.2, 0.25) is 5.02 Å². The van der Waals surface area contributed by atoms with E-state index in [9.17, 15) is 14.9 Å². The molecule has 0 N–H and O–H groups in total. The highest BCUT2D eigenvalue weighted by molar-refractivity contribution is 6.31. The van der Waals surface area contributed by atoms with Crippen molar-refractivity contribution in [3.63, 3.8) is 0 Å². The molecule has 2 aromatic heterocycles. The van der Waals surface area contributed by atoms with Gasteiger partial charge in [0.05, 0.1) is 7.11 Å². The molecular formula is C21H16ClN3O4. The van der Waals surface area contributed by atoms with Gasteiger partial charge in [0.25, 0.3) is 5.56 Å². The number of benzene rings is 1. The van der Waals surface area contributed by atoms with Crippen LogP contribution < -0.4 is 10.3 Å². The van der Waals surface area contributed by atoms with Crippen LogP contribution in [0.1, 0.15) is 16.7 Å². The molecule has 0 aliphatic heterocycles. The highest BCUT2D eigenvalue weighted by Crippen LogP contribution is 2.27. The number of nitrogens with zero attached hydrogens (tertiary/aromatic N) is 3. The van der Waals surface area contributed by atoms with E-state index in [1.165, 1.54) is 4.40 Å². The fraction of sp³-hybridized carbons (Fsp3) is 0.143. The number of esters is 1. The molecule has 0 amide bonds. The van der Waals surface area contributed by atoms with Crippen LogP contribution in [0.15, 0.2) is 46.9 Å². The van der Waals surface area contributed by atoms with E-state index in [1.807, 2.05) is 19.9 Å². The maximum atomic E-state index is 13.1. The van der Waals surface area contributed by atoms with Gasteiger partial charge < -0.3 is 9.47 Å². The van der Waals surface area contributed by atoms with Gasteiger partial charge in [0.15, 0.2) is 0 Å². The van der Waals surface area contributed by atoms with Crippen LogP contribution in [0.3, 0.4) is 0 Å². The number of rotatable bonds is 4. The zero-order chi connectivity index (χ0) is 21.1. The summed E-state index contributed by atoms with van der Waals surface area (Å²) in [6.45, 7) is 3.62. The summed E-state index contributed by atoms with van der Waals surface area (Å²) in [4.78, 5) is 29.4. The van der Waals surface area contributed by atoms with Crippen molar-refractivity contribution in [3.8, 4) is 17.7 Å². The van der Waals surface area contributed by atoms with E-state index in [0.717, 1.165) is 24.3 Å². The maximum Gasteiger partial charge on any atom is 0.348 e. The number of ether oxygens (including phenoxy) is 2. The Morgan fingerprint density at radius 1 is 1.28 bits per heavy atom. The lowest BCUT2D eigenvalue weighted by molar-refractivity contribution is -0.135. The van der Waals surface area contributed by atoms with E-state index < -0.39 is 11.5 Å². The number of carbonyl (C=O) groups is 1. The number of aromatic nitrogens is 2. The van der Waals surface area contributed by atoms with Gasteiger partial charge in [0, 0.05) is 11.2 Å². The minimum atomic E-state index is -0.866. The largest absolute Gasteiger partial charge is 0.465 e. The van der Waals surface area contributed by atoms with Crippen molar-refractivity contribution in [1.29, 1.82) is 5.26 Å².